The van der Waals surface area contributed by atoms with Crippen LogP contribution in [-0.2, 0) is 4.74 Å². The van der Waals surface area contributed by atoms with Gasteiger partial charge in [0.05, 0.1) is 12.7 Å². The number of hydrogen-bond acceptors (Lipinski definition) is 3. The number of nitriles is 1. The quantitative estimate of drug-likeness (QED) is 0.713. The fourth-order valence-electron chi connectivity index (χ4n) is 1.52. The monoisotopic (exact) mass is 182 g/mol. The van der Waals surface area contributed by atoms with Crippen LogP contribution in [-0.4, -0.2) is 25.3 Å². The molecule has 3 unspecified atom stereocenters. The Bertz CT molecular complexity index is 182. The molecule has 1 rings (SSSR count). The molecule has 0 aliphatic carbocycles. The summed E-state index contributed by atoms with van der Waals surface area (Å²) in [6.45, 7) is 5.78. The van der Waals surface area contributed by atoms with Gasteiger partial charge in [0.25, 0.3) is 0 Å². The van der Waals surface area contributed by atoms with Gasteiger partial charge < -0.3 is 4.74 Å². The van der Waals surface area contributed by atoms with E-state index < -0.39 is 0 Å². The number of nitrogens with zero attached hydrogens (tertiary/aromatic N) is 1. The van der Waals surface area contributed by atoms with E-state index in [9.17, 15) is 0 Å². The number of hydrogen-bond donors (Lipinski definition) is 1. The first kappa shape index (κ1) is 10.5. The summed E-state index contributed by atoms with van der Waals surface area (Å²) >= 11 is 0. The average Bonchev–Trinajstić information content (AvgIpc) is 2.66. The molecule has 13 heavy (non-hydrogen) atoms. The lowest BCUT2D eigenvalue weighted by molar-refractivity contribution is 0.180. The van der Waals surface area contributed by atoms with Crippen LogP contribution in [0.2, 0.25) is 0 Å². The maximum Gasteiger partial charge on any atom is 0.101 e. The highest BCUT2D eigenvalue weighted by atomic mass is 16.5. The summed E-state index contributed by atoms with van der Waals surface area (Å²) in [5, 5.41) is 12.3. The molecule has 0 saturated carbocycles. The van der Waals surface area contributed by atoms with Crippen LogP contribution in [0.1, 0.15) is 26.7 Å². The van der Waals surface area contributed by atoms with Gasteiger partial charge in [-0.25, -0.2) is 0 Å². The predicted molar refractivity (Wildman–Crippen MR) is 51.2 cm³/mol. The largest absolute Gasteiger partial charge is 0.381 e. The molecule has 74 valence electrons. The summed E-state index contributed by atoms with van der Waals surface area (Å²) in [6, 6.07) is 2.71. The molecule has 1 saturated heterocycles. The van der Waals surface area contributed by atoms with Crippen LogP contribution in [0.25, 0.3) is 0 Å². The van der Waals surface area contributed by atoms with Crippen molar-refractivity contribution in [2.45, 2.75) is 38.8 Å². The van der Waals surface area contributed by atoms with Crippen molar-refractivity contribution < 1.29 is 4.74 Å². The maximum atomic E-state index is 8.96. The minimum atomic E-state index is -0.0301. The van der Waals surface area contributed by atoms with Crippen LogP contribution in [0.15, 0.2) is 0 Å². The van der Waals surface area contributed by atoms with E-state index in [2.05, 4.69) is 25.2 Å². The molecule has 0 amide bonds. The zero-order chi connectivity index (χ0) is 9.68. The van der Waals surface area contributed by atoms with Crippen LogP contribution in [0.4, 0.5) is 0 Å². The Hall–Kier alpha value is -0.590. The van der Waals surface area contributed by atoms with Crippen molar-refractivity contribution >= 4 is 0 Å². The molecule has 0 spiro atoms. The lowest BCUT2D eigenvalue weighted by Crippen LogP contribution is -2.40. The Balaban J connectivity index is 2.38. The van der Waals surface area contributed by atoms with Crippen LogP contribution in [0.5, 0.6) is 0 Å². The summed E-state index contributed by atoms with van der Waals surface area (Å²) in [6.07, 6.45) is 2.08. The minimum absolute atomic E-state index is 0.0301. The normalized spacial score (nSPS) is 26.7. The van der Waals surface area contributed by atoms with Gasteiger partial charge in [-0.15, -0.1) is 0 Å². The van der Waals surface area contributed by atoms with Gasteiger partial charge in [-0.2, -0.15) is 5.26 Å². The van der Waals surface area contributed by atoms with Crippen molar-refractivity contribution in [3.05, 3.63) is 0 Å². The van der Waals surface area contributed by atoms with Gasteiger partial charge in [0.15, 0.2) is 0 Å². The lowest BCUT2D eigenvalue weighted by Gasteiger charge is -2.20. The van der Waals surface area contributed by atoms with E-state index in [0.29, 0.717) is 12.0 Å². The zero-order valence-corrected chi connectivity index (χ0v) is 8.42. The predicted octanol–water partition coefficient (Wildman–Crippen LogP) is 1.30. The molecule has 0 aromatic carbocycles. The summed E-state index contributed by atoms with van der Waals surface area (Å²) in [5.41, 5.74) is 0. The molecule has 3 nitrogen and oxygen atoms in total. The van der Waals surface area contributed by atoms with Gasteiger partial charge >= 0.3 is 0 Å². The highest BCUT2D eigenvalue weighted by Crippen LogP contribution is 2.16. The van der Waals surface area contributed by atoms with Gasteiger partial charge in [0.2, 0.25) is 0 Å². The molecule has 0 bridgehead atoms. The Morgan fingerprint density at radius 1 is 1.69 bits per heavy atom. The molecule has 0 radical (unpaired) electrons. The molecule has 1 heterocycles. The van der Waals surface area contributed by atoms with Crippen LogP contribution in [0, 0.1) is 17.2 Å². The molecule has 1 aliphatic heterocycles. The highest BCUT2D eigenvalue weighted by Gasteiger charge is 2.25. The standard InChI is InChI=1S/C10H18N2O/c1-3-8(2)12-10(6-11)9-4-5-13-7-9/h8-10,12H,3-5,7H2,1-2H3. The number of ether oxygens (including phenoxy) is 1. The van der Waals surface area contributed by atoms with E-state index in [1.165, 1.54) is 0 Å². The van der Waals surface area contributed by atoms with E-state index >= 15 is 0 Å². The first-order valence-corrected chi connectivity index (χ1v) is 5.01. The SMILES string of the molecule is CCC(C)NC(C#N)C1CCOC1. The van der Waals surface area contributed by atoms with E-state index in [0.717, 1.165) is 26.1 Å². The van der Waals surface area contributed by atoms with E-state index in [1.54, 1.807) is 0 Å². The van der Waals surface area contributed by atoms with Crippen LogP contribution in [0.3, 0.4) is 0 Å². The molecule has 1 aliphatic rings. The van der Waals surface area contributed by atoms with E-state index in [4.69, 9.17) is 10.00 Å². The molecular weight excluding hydrogens is 164 g/mol. The lowest BCUT2D eigenvalue weighted by atomic mass is 9.99. The minimum Gasteiger partial charge on any atom is -0.381 e. The second-order valence-corrected chi connectivity index (χ2v) is 3.71. The topological polar surface area (TPSA) is 45.0 Å². The summed E-state index contributed by atoms with van der Waals surface area (Å²) in [5.74, 6) is 0.388. The van der Waals surface area contributed by atoms with E-state index in [1.807, 2.05) is 0 Å². The number of nitrogens with one attached hydrogen (secondary N) is 1. The van der Waals surface area contributed by atoms with Gasteiger partial charge in [-0.1, -0.05) is 6.92 Å². The fourth-order valence-corrected chi connectivity index (χ4v) is 1.52. The second-order valence-electron chi connectivity index (χ2n) is 3.71. The van der Waals surface area contributed by atoms with Crippen molar-refractivity contribution in [3.63, 3.8) is 0 Å². The first-order chi connectivity index (χ1) is 6.27. The van der Waals surface area contributed by atoms with Crippen molar-refractivity contribution in [1.82, 2.24) is 5.32 Å². The third kappa shape index (κ3) is 2.98. The second kappa shape index (κ2) is 5.21. The molecule has 1 N–H and O–H groups in total. The Labute approximate surface area is 80.1 Å². The Kier molecular flexibility index (Phi) is 4.20. The van der Waals surface area contributed by atoms with E-state index in [-0.39, 0.29) is 6.04 Å². The van der Waals surface area contributed by atoms with Crippen molar-refractivity contribution in [3.8, 4) is 6.07 Å². The summed E-state index contributed by atoms with van der Waals surface area (Å²) in [7, 11) is 0. The first-order valence-electron chi connectivity index (χ1n) is 5.01. The van der Waals surface area contributed by atoms with Crippen LogP contribution >= 0.6 is 0 Å². The fraction of sp³-hybridized carbons (Fsp3) is 0.900. The third-order valence-electron chi connectivity index (χ3n) is 2.65. The van der Waals surface area contributed by atoms with Gasteiger partial charge in [0.1, 0.15) is 6.04 Å². The van der Waals surface area contributed by atoms with Gasteiger partial charge in [0, 0.05) is 18.6 Å². The molecular formula is C10H18N2O. The van der Waals surface area contributed by atoms with Crippen molar-refractivity contribution in [1.29, 1.82) is 5.26 Å². The molecule has 1 fully saturated rings. The molecule has 3 heteroatoms. The maximum absolute atomic E-state index is 8.96. The summed E-state index contributed by atoms with van der Waals surface area (Å²) in [4.78, 5) is 0. The van der Waals surface area contributed by atoms with Gasteiger partial charge in [-0.05, 0) is 19.8 Å². The zero-order valence-electron chi connectivity index (χ0n) is 8.42. The van der Waals surface area contributed by atoms with Gasteiger partial charge in [-0.3, -0.25) is 5.32 Å². The third-order valence-corrected chi connectivity index (χ3v) is 2.65. The average molecular weight is 182 g/mol. The van der Waals surface area contributed by atoms with Crippen molar-refractivity contribution in [2.75, 3.05) is 13.2 Å². The van der Waals surface area contributed by atoms with Crippen LogP contribution < -0.4 is 5.32 Å². The smallest absolute Gasteiger partial charge is 0.101 e. The Morgan fingerprint density at radius 2 is 2.46 bits per heavy atom. The highest BCUT2D eigenvalue weighted by molar-refractivity contribution is 4.97. The Morgan fingerprint density at radius 3 is 2.92 bits per heavy atom. The summed E-state index contributed by atoms with van der Waals surface area (Å²) < 4.78 is 5.26. The van der Waals surface area contributed by atoms with Crippen molar-refractivity contribution in [2.24, 2.45) is 5.92 Å². The number of rotatable bonds is 4. The molecule has 3 atom stereocenters. The molecule has 0 aromatic rings. The molecule has 0 aromatic heterocycles.